The van der Waals surface area contributed by atoms with Gasteiger partial charge in [0.25, 0.3) is 0 Å². The van der Waals surface area contributed by atoms with Crippen molar-refractivity contribution < 1.29 is 4.74 Å². The maximum Gasteiger partial charge on any atom is 0.124 e. The third kappa shape index (κ3) is 2.89. The Bertz CT molecular complexity index is 315. The highest BCUT2D eigenvalue weighted by Gasteiger charge is 2.10. The van der Waals surface area contributed by atoms with Gasteiger partial charge in [-0.25, -0.2) is 0 Å². The lowest BCUT2D eigenvalue weighted by atomic mass is 10.0. The van der Waals surface area contributed by atoms with Gasteiger partial charge < -0.3 is 10.5 Å². The van der Waals surface area contributed by atoms with Crippen molar-refractivity contribution in [2.75, 3.05) is 19.1 Å². The molecular weight excluding hydrogens is 206 g/mol. The average Bonchev–Trinajstić information content (AvgIpc) is 2.17. The van der Waals surface area contributed by atoms with E-state index in [-0.39, 0.29) is 6.04 Å². The van der Waals surface area contributed by atoms with Crippen LogP contribution in [0.3, 0.4) is 0 Å². The number of aryl methyl sites for hydroxylation is 2. The molecule has 0 bridgehead atoms. The summed E-state index contributed by atoms with van der Waals surface area (Å²) in [6.07, 6.45) is 2.07. The van der Waals surface area contributed by atoms with E-state index < -0.39 is 0 Å². The molecule has 15 heavy (non-hydrogen) atoms. The second-order valence-electron chi connectivity index (χ2n) is 3.75. The predicted molar refractivity (Wildman–Crippen MR) is 67.8 cm³/mol. The highest BCUT2D eigenvalue weighted by molar-refractivity contribution is 7.98. The molecule has 1 rings (SSSR count). The molecule has 0 radical (unpaired) electrons. The quantitative estimate of drug-likeness (QED) is 0.855. The number of hydrogen-bond acceptors (Lipinski definition) is 3. The Hall–Kier alpha value is -0.670. The highest BCUT2D eigenvalue weighted by Crippen LogP contribution is 2.27. The van der Waals surface area contributed by atoms with Gasteiger partial charge in [-0.3, -0.25) is 0 Å². The van der Waals surface area contributed by atoms with Gasteiger partial charge in [0.1, 0.15) is 5.75 Å². The smallest absolute Gasteiger partial charge is 0.124 e. The zero-order chi connectivity index (χ0) is 11.4. The SMILES string of the molecule is COc1c(C)cc(C(N)CSC)cc1C. The molecule has 0 aliphatic carbocycles. The molecule has 84 valence electrons. The number of thioether (sulfide) groups is 1. The molecule has 0 saturated carbocycles. The van der Waals surface area contributed by atoms with Crippen LogP contribution in [0.15, 0.2) is 12.1 Å². The van der Waals surface area contributed by atoms with E-state index in [2.05, 4.69) is 32.2 Å². The average molecular weight is 225 g/mol. The lowest BCUT2D eigenvalue weighted by Gasteiger charge is -2.15. The Balaban J connectivity index is 3.02. The molecule has 2 nitrogen and oxygen atoms in total. The van der Waals surface area contributed by atoms with Crippen LogP contribution in [0.4, 0.5) is 0 Å². The minimum absolute atomic E-state index is 0.114. The maximum absolute atomic E-state index is 6.07. The van der Waals surface area contributed by atoms with Gasteiger partial charge in [-0.05, 0) is 36.8 Å². The summed E-state index contributed by atoms with van der Waals surface area (Å²) in [5.41, 5.74) is 9.58. The van der Waals surface area contributed by atoms with Crippen molar-refractivity contribution in [3.8, 4) is 5.75 Å². The van der Waals surface area contributed by atoms with Crippen LogP contribution in [0.25, 0.3) is 0 Å². The van der Waals surface area contributed by atoms with Gasteiger partial charge >= 0.3 is 0 Å². The van der Waals surface area contributed by atoms with Crippen molar-refractivity contribution in [3.05, 3.63) is 28.8 Å². The van der Waals surface area contributed by atoms with Gasteiger partial charge in [-0.1, -0.05) is 12.1 Å². The van der Waals surface area contributed by atoms with Crippen LogP contribution in [0.5, 0.6) is 5.75 Å². The van der Waals surface area contributed by atoms with Crippen molar-refractivity contribution in [2.24, 2.45) is 5.73 Å². The van der Waals surface area contributed by atoms with Crippen molar-refractivity contribution in [1.29, 1.82) is 0 Å². The van der Waals surface area contributed by atoms with Crippen molar-refractivity contribution in [1.82, 2.24) is 0 Å². The maximum atomic E-state index is 6.07. The Labute approximate surface area is 96.2 Å². The van der Waals surface area contributed by atoms with Crippen LogP contribution < -0.4 is 10.5 Å². The normalized spacial score (nSPS) is 12.6. The summed E-state index contributed by atoms with van der Waals surface area (Å²) in [7, 11) is 1.71. The van der Waals surface area contributed by atoms with Crippen molar-refractivity contribution >= 4 is 11.8 Å². The largest absolute Gasteiger partial charge is 0.496 e. The van der Waals surface area contributed by atoms with Crippen LogP contribution in [-0.4, -0.2) is 19.1 Å². The lowest BCUT2D eigenvalue weighted by molar-refractivity contribution is 0.408. The number of methoxy groups -OCH3 is 1. The number of benzene rings is 1. The zero-order valence-corrected chi connectivity index (χ0v) is 10.6. The first kappa shape index (κ1) is 12.4. The van der Waals surface area contributed by atoms with E-state index in [1.165, 1.54) is 5.56 Å². The van der Waals surface area contributed by atoms with Gasteiger partial charge in [0.2, 0.25) is 0 Å². The number of ether oxygens (including phenoxy) is 1. The molecule has 1 unspecified atom stereocenters. The lowest BCUT2D eigenvalue weighted by Crippen LogP contribution is -2.13. The Morgan fingerprint density at radius 2 is 1.87 bits per heavy atom. The first-order valence-corrected chi connectivity index (χ1v) is 6.39. The molecule has 1 aromatic carbocycles. The minimum atomic E-state index is 0.114. The van der Waals surface area contributed by atoms with E-state index in [0.29, 0.717) is 0 Å². The molecule has 0 aliphatic heterocycles. The fourth-order valence-electron chi connectivity index (χ4n) is 1.80. The summed E-state index contributed by atoms with van der Waals surface area (Å²) in [6, 6.07) is 4.35. The Morgan fingerprint density at radius 3 is 2.27 bits per heavy atom. The number of rotatable bonds is 4. The molecule has 3 heteroatoms. The first-order chi connectivity index (χ1) is 7.10. The summed E-state index contributed by atoms with van der Waals surface area (Å²) in [6.45, 7) is 4.11. The number of nitrogens with two attached hydrogens (primary N) is 1. The zero-order valence-electron chi connectivity index (χ0n) is 9.83. The summed E-state index contributed by atoms with van der Waals surface area (Å²) in [5, 5.41) is 0. The standard InChI is InChI=1S/C12H19NOS/c1-8-5-10(11(13)7-15-4)6-9(2)12(8)14-3/h5-6,11H,7,13H2,1-4H3. The molecule has 2 N–H and O–H groups in total. The third-order valence-corrected chi connectivity index (χ3v) is 3.15. The monoisotopic (exact) mass is 225 g/mol. The van der Waals surface area contributed by atoms with E-state index >= 15 is 0 Å². The fraction of sp³-hybridized carbons (Fsp3) is 0.500. The van der Waals surface area contributed by atoms with Gasteiger partial charge in [0, 0.05) is 11.8 Å². The van der Waals surface area contributed by atoms with Crippen molar-refractivity contribution in [2.45, 2.75) is 19.9 Å². The molecule has 0 aromatic heterocycles. The Kier molecular flexibility index (Phi) is 4.48. The minimum Gasteiger partial charge on any atom is -0.496 e. The van der Waals surface area contributed by atoms with E-state index in [0.717, 1.165) is 22.6 Å². The molecule has 0 saturated heterocycles. The predicted octanol–water partition coefficient (Wildman–Crippen LogP) is 2.67. The summed E-state index contributed by atoms with van der Waals surface area (Å²) >= 11 is 1.77. The third-order valence-electron chi connectivity index (χ3n) is 2.46. The van der Waals surface area contributed by atoms with Gasteiger partial charge in [-0.2, -0.15) is 11.8 Å². The van der Waals surface area contributed by atoms with Gasteiger partial charge in [0.15, 0.2) is 0 Å². The second-order valence-corrected chi connectivity index (χ2v) is 4.66. The number of hydrogen-bond donors (Lipinski definition) is 1. The van der Waals surface area contributed by atoms with Crippen LogP contribution in [0, 0.1) is 13.8 Å². The molecule has 0 heterocycles. The van der Waals surface area contributed by atoms with E-state index in [9.17, 15) is 0 Å². The molecule has 0 aliphatic rings. The van der Waals surface area contributed by atoms with Crippen LogP contribution >= 0.6 is 11.8 Å². The van der Waals surface area contributed by atoms with Crippen LogP contribution in [-0.2, 0) is 0 Å². The molecule has 1 aromatic rings. The van der Waals surface area contributed by atoms with Crippen molar-refractivity contribution in [3.63, 3.8) is 0 Å². The topological polar surface area (TPSA) is 35.2 Å². The molecule has 1 atom stereocenters. The van der Waals surface area contributed by atoms with E-state index in [1.807, 2.05) is 0 Å². The summed E-state index contributed by atoms with van der Waals surface area (Å²) in [4.78, 5) is 0. The van der Waals surface area contributed by atoms with E-state index in [4.69, 9.17) is 10.5 Å². The fourth-order valence-corrected chi connectivity index (χ4v) is 2.35. The molecular formula is C12H19NOS. The second kappa shape index (κ2) is 5.42. The van der Waals surface area contributed by atoms with Gasteiger partial charge in [0.05, 0.1) is 7.11 Å². The van der Waals surface area contributed by atoms with E-state index in [1.54, 1.807) is 18.9 Å². The summed E-state index contributed by atoms with van der Waals surface area (Å²) in [5.74, 6) is 1.92. The van der Waals surface area contributed by atoms with Crippen LogP contribution in [0.1, 0.15) is 22.7 Å². The van der Waals surface area contributed by atoms with Gasteiger partial charge in [-0.15, -0.1) is 0 Å². The first-order valence-electron chi connectivity index (χ1n) is 4.99. The summed E-state index contributed by atoms with van der Waals surface area (Å²) < 4.78 is 5.32. The molecule has 0 spiro atoms. The molecule has 0 fully saturated rings. The van der Waals surface area contributed by atoms with Crippen LogP contribution in [0.2, 0.25) is 0 Å². The highest BCUT2D eigenvalue weighted by atomic mass is 32.2. The Morgan fingerprint density at radius 1 is 1.33 bits per heavy atom. The molecule has 0 amide bonds.